The molecule has 2 amide bonds. The third kappa shape index (κ3) is 3.68. The second kappa shape index (κ2) is 8.13. The van der Waals surface area contributed by atoms with Crippen LogP contribution in [0.15, 0.2) is 42.7 Å². The van der Waals surface area contributed by atoms with Gasteiger partial charge < -0.3 is 15.1 Å². The predicted molar refractivity (Wildman–Crippen MR) is 117 cm³/mol. The fraction of sp³-hybridized carbons (Fsp3) is 0.522. The number of fused-ring (bicyclic) bond motifs is 1. The van der Waals surface area contributed by atoms with Gasteiger partial charge in [0.2, 0.25) is 5.91 Å². The van der Waals surface area contributed by atoms with Crippen LogP contribution in [0.3, 0.4) is 0 Å². The fourth-order valence-electron chi connectivity index (χ4n) is 4.44. The van der Waals surface area contributed by atoms with E-state index < -0.39 is 5.54 Å². The molecule has 1 fully saturated rings. The van der Waals surface area contributed by atoms with Crippen molar-refractivity contribution in [2.24, 2.45) is 5.92 Å². The van der Waals surface area contributed by atoms with Gasteiger partial charge in [-0.3, -0.25) is 14.3 Å². The Hall–Kier alpha value is -2.83. The topological polar surface area (TPSA) is 70.5 Å². The van der Waals surface area contributed by atoms with E-state index in [0.29, 0.717) is 31.8 Å². The van der Waals surface area contributed by atoms with Crippen LogP contribution < -0.4 is 10.2 Å². The minimum absolute atomic E-state index is 0.0499. The average molecular weight is 410 g/mol. The minimum atomic E-state index is -0.642. The summed E-state index contributed by atoms with van der Waals surface area (Å²) < 4.78 is 1.68. The molecule has 0 saturated carbocycles. The van der Waals surface area contributed by atoms with E-state index in [1.54, 1.807) is 10.9 Å². The van der Waals surface area contributed by atoms with E-state index >= 15 is 0 Å². The smallest absolute Gasteiger partial charge is 0.252 e. The molecule has 1 saturated heterocycles. The third-order valence-corrected chi connectivity index (χ3v) is 6.36. The number of piperidine rings is 1. The van der Waals surface area contributed by atoms with Crippen molar-refractivity contribution in [2.45, 2.75) is 51.6 Å². The van der Waals surface area contributed by atoms with Crippen LogP contribution in [0.4, 0.5) is 11.4 Å². The summed E-state index contributed by atoms with van der Waals surface area (Å²) in [4.78, 5) is 30.4. The summed E-state index contributed by atoms with van der Waals surface area (Å²) in [6, 6.07) is 9.52. The molecule has 160 valence electrons. The SMILES string of the molecule is CC(C)CCN1C(=O)C2(CCN(C(=O)[C@@H](C)n3cccn3)CC2)Nc2ccccc21. The van der Waals surface area contributed by atoms with Gasteiger partial charge >= 0.3 is 0 Å². The number of benzene rings is 1. The molecule has 2 aliphatic heterocycles. The molecule has 1 spiro atoms. The van der Waals surface area contributed by atoms with Crippen molar-refractivity contribution < 1.29 is 9.59 Å². The number of likely N-dealkylation sites (tertiary alicyclic amines) is 1. The Kier molecular flexibility index (Phi) is 5.54. The largest absolute Gasteiger partial charge is 0.369 e. The van der Waals surface area contributed by atoms with Gasteiger partial charge in [0, 0.05) is 32.0 Å². The maximum Gasteiger partial charge on any atom is 0.252 e. The molecule has 0 aliphatic carbocycles. The van der Waals surface area contributed by atoms with Crippen molar-refractivity contribution in [3.8, 4) is 0 Å². The lowest BCUT2D eigenvalue weighted by atomic mass is 9.83. The molecule has 0 unspecified atom stereocenters. The summed E-state index contributed by atoms with van der Waals surface area (Å²) in [5.74, 6) is 0.710. The summed E-state index contributed by atoms with van der Waals surface area (Å²) in [6.45, 7) is 8.06. The first-order chi connectivity index (χ1) is 14.4. The first kappa shape index (κ1) is 20.4. The summed E-state index contributed by atoms with van der Waals surface area (Å²) >= 11 is 0. The number of nitrogens with one attached hydrogen (secondary N) is 1. The van der Waals surface area contributed by atoms with Crippen LogP contribution >= 0.6 is 0 Å². The van der Waals surface area contributed by atoms with Crippen LogP contribution in [0, 0.1) is 5.92 Å². The van der Waals surface area contributed by atoms with E-state index in [1.807, 2.05) is 53.3 Å². The maximum absolute atomic E-state index is 13.6. The van der Waals surface area contributed by atoms with Crippen molar-refractivity contribution in [3.05, 3.63) is 42.7 Å². The molecule has 30 heavy (non-hydrogen) atoms. The molecule has 2 aliphatic rings. The van der Waals surface area contributed by atoms with Gasteiger partial charge in [-0.05, 0) is 50.3 Å². The molecule has 1 atom stereocenters. The third-order valence-electron chi connectivity index (χ3n) is 6.36. The zero-order valence-corrected chi connectivity index (χ0v) is 18.0. The quantitative estimate of drug-likeness (QED) is 0.823. The Labute approximate surface area is 178 Å². The molecule has 7 heteroatoms. The number of hydrogen-bond acceptors (Lipinski definition) is 4. The second-order valence-corrected chi connectivity index (χ2v) is 8.85. The van der Waals surface area contributed by atoms with Gasteiger partial charge in [-0.25, -0.2) is 0 Å². The lowest BCUT2D eigenvalue weighted by Crippen LogP contribution is -2.62. The van der Waals surface area contributed by atoms with Crippen LogP contribution in [0.1, 0.15) is 46.1 Å². The second-order valence-electron chi connectivity index (χ2n) is 8.85. The molecular weight excluding hydrogens is 378 g/mol. The summed E-state index contributed by atoms with van der Waals surface area (Å²) in [6.07, 6.45) is 5.67. The summed E-state index contributed by atoms with van der Waals surface area (Å²) in [7, 11) is 0. The molecular formula is C23H31N5O2. The Morgan fingerprint density at radius 2 is 1.90 bits per heavy atom. The zero-order chi connectivity index (χ0) is 21.3. The van der Waals surface area contributed by atoms with Gasteiger partial charge in [-0.2, -0.15) is 5.10 Å². The number of para-hydroxylation sites is 2. The van der Waals surface area contributed by atoms with Crippen LogP contribution in [-0.4, -0.2) is 51.7 Å². The van der Waals surface area contributed by atoms with Gasteiger partial charge in [0.1, 0.15) is 11.6 Å². The Balaban J connectivity index is 1.51. The van der Waals surface area contributed by atoms with Crippen molar-refractivity contribution in [1.29, 1.82) is 0 Å². The fourth-order valence-corrected chi connectivity index (χ4v) is 4.44. The van der Waals surface area contributed by atoms with Gasteiger partial charge in [0.25, 0.3) is 5.91 Å². The number of hydrogen-bond donors (Lipinski definition) is 1. The number of carbonyl (C=O) groups excluding carboxylic acids is 2. The highest BCUT2D eigenvalue weighted by Crippen LogP contribution is 2.40. The molecule has 0 radical (unpaired) electrons. The Morgan fingerprint density at radius 3 is 2.57 bits per heavy atom. The highest BCUT2D eigenvalue weighted by molar-refractivity contribution is 6.08. The molecule has 4 rings (SSSR count). The first-order valence-electron chi connectivity index (χ1n) is 10.9. The number of amides is 2. The van der Waals surface area contributed by atoms with E-state index in [9.17, 15) is 9.59 Å². The standard InChI is InChI=1S/C23H31N5O2/c1-17(2)9-14-27-20-8-5-4-7-19(20)25-23(22(27)30)10-15-26(16-11-23)21(29)18(3)28-13-6-12-24-28/h4-8,12-13,17-18,25H,9-11,14-16H2,1-3H3/t18-/m1/s1. The molecule has 7 nitrogen and oxygen atoms in total. The van der Waals surface area contributed by atoms with E-state index in [2.05, 4.69) is 24.3 Å². The van der Waals surface area contributed by atoms with Crippen LogP contribution in [-0.2, 0) is 9.59 Å². The van der Waals surface area contributed by atoms with Crippen molar-refractivity contribution in [2.75, 3.05) is 29.9 Å². The number of rotatable bonds is 5. The molecule has 2 aromatic rings. The molecule has 1 N–H and O–H groups in total. The van der Waals surface area contributed by atoms with Crippen LogP contribution in [0.2, 0.25) is 0 Å². The van der Waals surface area contributed by atoms with Crippen LogP contribution in [0.5, 0.6) is 0 Å². The van der Waals surface area contributed by atoms with Crippen LogP contribution in [0.25, 0.3) is 0 Å². The van der Waals surface area contributed by atoms with Crippen molar-refractivity contribution in [1.82, 2.24) is 14.7 Å². The highest BCUT2D eigenvalue weighted by Gasteiger charge is 2.48. The average Bonchev–Trinajstić information content (AvgIpc) is 3.28. The van der Waals surface area contributed by atoms with Gasteiger partial charge in [-0.15, -0.1) is 0 Å². The highest BCUT2D eigenvalue weighted by atomic mass is 16.2. The van der Waals surface area contributed by atoms with Crippen molar-refractivity contribution in [3.63, 3.8) is 0 Å². The monoisotopic (exact) mass is 409 g/mol. The van der Waals surface area contributed by atoms with E-state index in [4.69, 9.17) is 0 Å². The Morgan fingerprint density at radius 1 is 1.17 bits per heavy atom. The summed E-state index contributed by atoms with van der Waals surface area (Å²) in [5.41, 5.74) is 1.32. The molecule has 1 aromatic carbocycles. The normalized spacial score (nSPS) is 19.0. The molecule has 3 heterocycles. The van der Waals surface area contributed by atoms with Crippen molar-refractivity contribution >= 4 is 23.2 Å². The summed E-state index contributed by atoms with van der Waals surface area (Å²) in [5, 5.41) is 7.74. The maximum atomic E-state index is 13.6. The Bertz CT molecular complexity index is 900. The predicted octanol–water partition coefficient (Wildman–Crippen LogP) is 3.31. The zero-order valence-electron chi connectivity index (χ0n) is 18.0. The van der Waals surface area contributed by atoms with E-state index in [0.717, 1.165) is 24.3 Å². The lowest BCUT2D eigenvalue weighted by Gasteiger charge is -2.48. The lowest BCUT2D eigenvalue weighted by molar-refractivity contribution is -0.138. The minimum Gasteiger partial charge on any atom is -0.369 e. The van der Waals surface area contributed by atoms with E-state index in [-0.39, 0.29) is 17.9 Å². The molecule has 1 aromatic heterocycles. The first-order valence-corrected chi connectivity index (χ1v) is 10.9. The van der Waals surface area contributed by atoms with Gasteiger partial charge in [0.15, 0.2) is 0 Å². The van der Waals surface area contributed by atoms with Gasteiger partial charge in [-0.1, -0.05) is 26.0 Å². The molecule has 0 bridgehead atoms. The van der Waals surface area contributed by atoms with E-state index in [1.165, 1.54) is 0 Å². The number of anilines is 2. The number of carbonyl (C=O) groups is 2. The number of nitrogens with zero attached hydrogens (tertiary/aromatic N) is 4. The van der Waals surface area contributed by atoms with Gasteiger partial charge in [0.05, 0.1) is 11.4 Å². The number of aromatic nitrogens is 2.